The molecule has 1 saturated heterocycles. The molecule has 12 nitrogen and oxygen atoms in total. The molecule has 14 heteroatoms. The second kappa shape index (κ2) is 9.23. The van der Waals surface area contributed by atoms with Crippen molar-refractivity contribution in [3.63, 3.8) is 0 Å². The summed E-state index contributed by atoms with van der Waals surface area (Å²) < 4.78 is 22.4. The van der Waals surface area contributed by atoms with E-state index >= 15 is 0 Å². The van der Waals surface area contributed by atoms with Gasteiger partial charge in [0.15, 0.2) is 28.4 Å². The standard InChI is InChI=1S/C15H24N5O7PS/c1-3-5-29-15-18-12(16-4-2)9-13(19-15)20(7-17-9)14-11(22)10(21)8(27-14)6-26-28(23,24)25/h7-8,10-11,14,21-22H,3-6H2,1-2H3,(H,16,18,19)(H2,23,24,25)/t8-,10-,11-,14-/m1/s1. The number of aliphatic hydroxyl groups excluding tert-OH is 2. The van der Waals surface area contributed by atoms with Crippen LogP contribution in [0.15, 0.2) is 11.5 Å². The van der Waals surface area contributed by atoms with Crippen molar-refractivity contribution in [3.8, 4) is 0 Å². The molecule has 0 spiro atoms. The molecule has 3 heterocycles. The number of nitrogens with zero attached hydrogens (tertiary/aromatic N) is 4. The van der Waals surface area contributed by atoms with Gasteiger partial charge in [0.25, 0.3) is 0 Å². The molecule has 1 aliphatic rings. The van der Waals surface area contributed by atoms with Gasteiger partial charge in [-0.3, -0.25) is 9.09 Å². The predicted octanol–water partition coefficient (Wildman–Crippen LogP) is 0.489. The quantitative estimate of drug-likeness (QED) is 0.204. The van der Waals surface area contributed by atoms with Crippen molar-refractivity contribution in [2.24, 2.45) is 0 Å². The van der Waals surface area contributed by atoms with Crippen LogP contribution < -0.4 is 5.32 Å². The van der Waals surface area contributed by atoms with Gasteiger partial charge in [0.1, 0.15) is 18.3 Å². The van der Waals surface area contributed by atoms with Gasteiger partial charge in [0.05, 0.1) is 12.9 Å². The zero-order chi connectivity index (χ0) is 21.2. The summed E-state index contributed by atoms with van der Waals surface area (Å²) in [6.45, 7) is 4.02. The average Bonchev–Trinajstić information content (AvgIpc) is 3.20. The highest BCUT2D eigenvalue weighted by molar-refractivity contribution is 7.99. The second-order valence-corrected chi connectivity index (χ2v) is 8.69. The number of nitrogens with one attached hydrogen (secondary N) is 1. The lowest BCUT2D eigenvalue weighted by molar-refractivity contribution is -0.0504. The highest BCUT2D eigenvalue weighted by atomic mass is 32.2. The van der Waals surface area contributed by atoms with E-state index in [2.05, 4.69) is 24.8 Å². The molecule has 0 radical (unpaired) electrons. The van der Waals surface area contributed by atoms with Crippen LogP contribution in [0.3, 0.4) is 0 Å². The highest BCUT2D eigenvalue weighted by Crippen LogP contribution is 2.39. The van der Waals surface area contributed by atoms with Crippen LogP contribution in [0.2, 0.25) is 0 Å². The lowest BCUT2D eigenvalue weighted by Gasteiger charge is -2.17. The zero-order valence-electron chi connectivity index (χ0n) is 15.9. The van der Waals surface area contributed by atoms with E-state index in [9.17, 15) is 14.8 Å². The molecular weight excluding hydrogens is 425 g/mol. The fourth-order valence-corrected chi connectivity index (χ4v) is 3.93. The van der Waals surface area contributed by atoms with E-state index < -0.39 is 39.0 Å². The Balaban J connectivity index is 1.92. The van der Waals surface area contributed by atoms with Crippen LogP contribution in [-0.4, -0.2) is 76.7 Å². The number of imidazole rings is 1. The van der Waals surface area contributed by atoms with Crippen molar-refractivity contribution in [2.45, 2.75) is 50.0 Å². The first-order valence-electron chi connectivity index (χ1n) is 9.08. The Morgan fingerprint density at radius 3 is 2.72 bits per heavy atom. The van der Waals surface area contributed by atoms with Crippen LogP contribution in [0.4, 0.5) is 5.82 Å². The van der Waals surface area contributed by atoms with Crippen LogP contribution in [0.1, 0.15) is 26.5 Å². The number of thioether (sulfide) groups is 1. The normalized spacial score (nSPS) is 25.0. The Morgan fingerprint density at radius 2 is 2.07 bits per heavy atom. The summed E-state index contributed by atoms with van der Waals surface area (Å²) in [6, 6.07) is 0. The van der Waals surface area contributed by atoms with Gasteiger partial charge < -0.3 is 30.1 Å². The number of fused-ring (bicyclic) bond motifs is 1. The zero-order valence-corrected chi connectivity index (χ0v) is 17.6. The third-order valence-electron chi connectivity index (χ3n) is 4.20. The van der Waals surface area contributed by atoms with E-state index in [0.717, 1.165) is 12.2 Å². The number of hydrogen-bond acceptors (Lipinski definition) is 10. The lowest BCUT2D eigenvalue weighted by atomic mass is 10.1. The number of aliphatic hydroxyl groups is 2. The van der Waals surface area contributed by atoms with E-state index in [0.29, 0.717) is 28.7 Å². The summed E-state index contributed by atoms with van der Waals surface area (Å²) in [7, 11) is -4.74. The third-order valence-corrected chi connectivity index (χ3v) is 5.74. The van der Waals surface area contributed by atoms with Gasteiger partial charge in [0.2, 0.25) is 0 Å². The van der Waals surface area contributed by atoms with Crippen LogP contribution >= 0.6 is 19.6 Å². The summed E-state index contributed by atoms with van der Waals surface area (Å²) in [5, 5.41) is 24.3. The van der Waals surface area contributed by atoms with E-state index in [1.165, 1.54) is 22.7 Å². The molecule has 2 aromatic rings. The van der Waals surface area contributed by atoms with Gasteiger partial charge in [0, 0.05) is 12.3 Å². The van der Waals surface area contributed by atoms with Crippen LogP contribution in [0.5, 0.6) is 0 Å². The molecule has 2 aromatic heterocycles. The maximum absolute atomic E-state index is 10.9. The molecule has 29 heavy (non-hydrogen) atoms. The first-order chi connectivity index (χ1) is 13.7. The van der Waals surface area contributed by atoms with Crippen molar-refractivity contribution in [2.75, 3.05) is 24.2 Å². The molecule has 0 aromatic carbocycles. The van der Waals surface area contributed by atoms with Gasteiger partial charge >= 0.3 is 7.82 Å². The number of hydrogen-bond donors (Lipinski definition) is 5. The van der Waals surface area contributed by atoms with E-state index in [-0.39, 0.29) is 0 Å². The average molecular weight is 449 g/mol. The fourth-order valence-electron chi connectivity index (χ4n) is 2.90. The topological polar surface area (TPSA) is 172 Å². The van der Waals surface area contributed by atoms with Gasteiger partial charge in [-0.25, -0.2) is 19.5 Å². The van der Waals surface area contributed by atoms with Gasteiger partial charge in [-0.1, -0.05) is 18.7 Å². The smallest absolute Gasteiger partial charge is 0.387 e. The van der Waals surface area contributed by atoms with Crippen molar-refractivity contribution in [3.05, 3.63) is 6.33 Å². The molecule has 1 fully saturated rings. The monoisotopic (exact) mass is 449 g/mol. The Morgan fingerprint density at radius 1 is 1.31 bits per heavy atom. The van der Waals surface area contributed by atoms with Crippen LogP contribution in [0, 0.1) is 0 Å². The summed E-state index contributed by atoms with van der Waals surface area (Å²) in [5.74, 6) is 1.37. The largest absolute Gasteiger partial charge is 0.469 e. The summed E-state index contributed by atoms with van der Waals surface area (Å²) in [4.78, 5) is 31.0. The van der Waals surface area contributed by atoms with Crippen molar-refractivity contribution in [1.82, 2.24) is 19.5 Å². The number of phosphoric ester groups is 1. The minimum Gasteiger partial charge on any atom is -0.387 e. The van der Waals surface area contributed by atoms with E-state index in [4.69, 9.17) is 14.5 Å². The second-order valence-electron chi connectivity index (χ2n) is 6.39. The number of rotatable bonds is 9. The number of aromatic nitrogens is 4. The lowest BCUT2D eigenvalue weighted by Crippen LogP contribution is -2.33. The first-order valence-corrected chi connectivity index (χ1v) is 11.6. The Hall–Kier alpha value is -1.31. The molecule has 0 bridgehead atoms. The first kappa shape index (κ1) is 22.4. The third kappa shape index (κ3) is 5.06. The van der Waals surface area contributed by atoms with Crippen molar-refractivity contribution in [1.29, 1.82) is 0 Å². The molecule has 5 N–H and O–H groups in total. The Labute approximate surface area is 170 Å². The maximum Gasteiger partial charge on any atom is 0.469 e. The minimum absolute atomic E-state index is 0.405. The van der Waals surface area contributed by atoms with E-state index in [1.807, 2.05) is 13.8 Å². The number of phosphoric acid groups is 1. The van der Waals surface area contributed by atoms with Crippen molar-refractivity contribution < 1.29 is 33.8 Å². The molecule has 0 amide bonds. The number of anilines is 1. The molecule has 162 valence electrons. The van der Waals surface area contributed by atoms with Crippen LogP contribution in [0.25, 0.3) is 11.2 Å². The van der Waals surface area contributed by atoms with Gasteiger partial charge in [-0.15, -0.1) is 0 Å². The van der Waals surface area contributed by atoms with Crippen molar-refractivity contribution >= 4 is 36.6 Å². The summed E-state index contributed by atoms with van der Waals surface area (Å²) in [6.07, 6.45) is -2.62. The van der Waals surface area contributed by atoms with Gasteiger partial charge in [-0.2, -0.15) is 0 Å². The molecule has 4 atom stereocenters. The molecular formula is C15H24N5O7PS. The van der Waals surface area contributed by atoms with Crippen LogP contribution in [-0.2, 0) is 13.8 Å². The molecule has 1 aliphatic heterocycles. The Kier molecular flexibility index (Phi) is 7.12. The number of ether oxygens (including phenoxy) is 1. The SMILES string of the molecule is CCCSc1nc(NCC)c2ncn([C@@H]3O[C@H](COP(=O)(O)O)[C@@H](O)[C@H]3O)c2n1. The Bertz CT molecular complexity index is 893. The summed E-state index contributed by atoms with van der Waals surface area (Å²) in [5.41, 5.74) is 0.885. The van der Waals surface area contributed by atoms with Gasteiger partial charge in [-0.05, 0) is 13.3 Å². The molecule has 0 unspecified atom stereocenters. The molecule has 3 rings (SSSR count). The predicted molar refractivity (Wildman–Crippen MR) is 104 cm³/mol. The maximum atomic E-state index is 10.9. The minimum atomic E-state index is -4.74. The highest BCUT2D eigenvalue weighted by Gasteiger charge is 2.45. The van der Waals surface area contributed by atoms with E-state index in [1.54, 1.807) is 0 Å². The fraction of sp³-hybridized carbons (Fsp3) is 0.667. The summed E-state index contributed by atoms with van der Waals surface area (Å²) >= 11 is 1.48. The molecule has 0 aliphatic carbocycles. The molecule has 0 saturated carbocycles.